The molecule has 0 aliphatic rings. The molecule has 0 saturated heterocycles. The van der Waals surface area contributed by atoms with Crippen LogP contribution in [0.5, 0.6) is 5.75 Å². The van der Waals surface area contributed by atoms with Gasteiger partial charge in [-0.1, -0.05) is 17.8 Å². The van der Waals surface area contributed by atoms with Crippen molar-refractivity contribution in [1.82, 2.24) is 14.8 Å². The smallest absolute Gasteiger partial charge is 0.343 e. The third-order valence-corrected chi connectivity index (χ3v) is 4.78. The van der Waals surface area contributed by atoms with Gasteiger partial charge < -0.3 is 9.47 Å². The largest absolute Gasteiger partial charge is 0.494 e. The molecule has 6 nitrogen and oxygen atoms in total. The minimum Gasteiger partial charge on any atom is -0.494 e. The summed E-state index contributed by atoms with van der Waals surface area (Å²) in [6.07, 6.45) is 1.68. The van der Waals surface area contributed by atoms with E-state index in [0.717, 1.165) is 29.5 Å². The predicted octanol–water partition coefficient (Wildman–Crippen LogP) is 2.79. The van der Waals surface area contributed by atoms with Crippen LogP contribution in [0.4, 0.5) is 0 Å². The number of aromatic nitrogens is 3. The van der Waals surface area contributed by atoms with E-state index >= 15 is 0 Å². The molecule has 2 rings (SSSR count). The van der Waals surface area contributed by atoms with Crippen LogP contribution in [0.3, 0.4) is 0 Å². The molecule has 0 bridgehead atoms. The Hall–Kier alpha value is -1.73. The van der Waals surface area contributed by atoms with E-state index in [0.29, 0.717) is 19.8 Å². The van der Waals surface area contributed by atoms with Crippen LogP contribution < -0.4 is 10.4 Å². The van der Waals surface area contributed by atoms with Crippen LogP contribution in [0.15, 0.2) is 28.2 Å². The molecule has 0 unspecified atom stereocenters. The standard InChI is InChI=1S/C17H25N3O3S/c1-13-6-7-15(12-14(13)2)23-10-5-11-24-17-19-18-16(21)20(17)8-4-9-22-3/h6-7,12H,4-5,8-11H2,1-3H3,(H,18,21). The zero-order valence-corrected chi connectivity index (χ0v) is 15.3. The van der Waals surface area contributed by atoms with Gasteiger partial charge in [-0.05, 0) is 49.9 Å². The third-order valence-electron chi connectivity index (χ3n) is 3.72. The Morgan fingerprint density at radius 1 is 1.21 bits per heavy atom. The highest BCUT2D eigenvalue weighted by atomic mass is 32.2. The van der Waals surface area contributed by atoms with Crippen molar-refractivity contribution >= 4 is 11.8 Å². The van der Waals surface area contributed by atoms with Crippen molar-refractivity contribution in [3.8, 4) is 5.75 Å². The number of hydrogen-bond acceptors (Lipinski definition) is 5. The summed E-state index contributed by atoms with van der Waals surface area (Å²) in [6, 6.07) is 6.13. The normalized spacial score (nSPS) is 11.0. The molecule has 0 aliphatic carbocycles. The zero-order valence-electron chi connectivity index (χ0n) is 14.5. The average molecular weight is 351 g/mol. The fraction of sp³-hybridized carbons (Fsp3) is 0.529. The number of aryl methyl sites for hydroxylation is 2. The number of rotatable bonds is 10. The van der Waals surface area contributed by atoms with Gasteiger partial charge in [0.2, 0.25) is 0 Å². The van der Waals surface area contributed by atoms with E-state index in [2.05, 4.69) is 36.2 Å². The molecule has 24 heavy (non-hydrogen) atoms. The molecule has 1 aromatic heterocycles. The highest BCUT2D eigenvalue weighted by Crippen LogP contribution is 2.18. The van der Waals surface area contributed by atoms with E-state index < -0.39 is 0 Å². The molecule has 1 heterocycles. The summed E-state index contributed by atoms with van der Waals surface area (Å²) >= 11 is 1.57. The van der Waals surface area contributed by atoms with Gasteiger partial charge in [-0.25, -0.2) is 9.89 Å². The van der Waals surface area contributed by atoms with Crippen LogP contribution in [0.1, 0.15) is 24.0 Å². The van der Waals surface area contributed by atoms with E-state index in [-0.39, 0.29) is 5.69 Å². The van der Waals surface area contributed by atoms with Crippen molar-refractivity contribution in [3.05, 3.63) is 39.8 Å². The lowest BCUT2D eigenvalue weighted by molar-refractivity contribution is 0.189. The maximum atomic E-state index is 11.7. The van der Waals surface area contributed by atoms with Crippen molar-refractivity contribution in [2.24, 2.45) is 0 Å². The van der Waals surface area contributed by atoms with Crippen LogP contribution in [0, 0.1) is 13.8 Å². The van der Waals surface area contributed by atoms with Crippen molar-refractivity contribution in [2.75, 3.05) is 26.1 Å². The van der Waals surface area contributed by atoms with E-state index in [1.807, 2.05) is 6.07 Å². The first-order valence-electron chi connectivity index (χ1n) is 8.09. The van der Waals surface area contributed by atoms with Gasteiger partial charge in [0.15, 0.2) is 5.16 Å². The molecule has 0 spiro atoms. The number of nitrogens with zero attached hydrogens (tertiary/aromatic N) is 2. The second-order valence-electron chi connectivity index (χ2n) is 5.61. The lowest BCUT2D eigenvalue weighted by atomic mass is 10.1. The Labute approximate surface area is 146 Å². The van der Waals surface area contributed by atoms with Gasteiger partial charge in [0.25, 0.3) is 0 Å². The highest BCUT2D eigenvalue weighted by molar-refractivity contribution is 7.99. The van der Waals surface area contributed by atoms with Crippen LogP contribution in [0.2, 0.25) is 0 Å². The molecule has 132 valence electrons. The van der Waals surface area contributed by atoms with Gasteiger partial charge in [-0.3, -0.25) is 4.57 Å². The van der Waals surface area contributed by atoms with Crippen LogP contribution in [-0.2, 0) is 11.3 Å². The van der Waals surface area contributed by atoms with Crippen molar-refractivity contribution in [3.63, 3.8) is 0 Å². The number of methoxy groups -OCH3 is 1. The van der Waals surface area contributed by atoms with Crippen LogP contribution in [0.25, 0.3) is 0 Å². The maximum Gasteiger partial charge on any atom is 0.343 e. The van der Waals surface area contributed by atoms with Crippen molar-refractivity contribution in [2.45, 2.75) is 38.4 Å². The molecule has 0 atom stereocenters. The SMILES string of the molecule is COCCCn1c(SCCCOc2ccc(C)c(C)c2)n[nH]c1=O. The van der Waals surface area contributed by atoms with Crippen molar-refractivity contribution in [1.29, 1.82) is 0 Å². The molecule has 0 radical (unpaired) electrons. The first-order valence-corrected chi connectivity index (χ1v) is 9.07. The number of thioether (sulfide) groups is 1. The molecule has 0 aliphatic heterocycles. The molecule has 0 amide bonds. The molecule has 2 aromatic rings. The van der Waals surface area contributed by atoms with Crippen LogP contribution >= 0.6 is 11.8 Å². The Kier molecular flexibility index (Phi) is 7.39. The average Bonchev–Trinajstić information content (AvgIpc) is 2.91. The number of nitrogens with one attached hydrogen (secondary N) is 1. The number of benzene rings is 1. The Morgan fingerprint density at radius 2 is 2.04 bits per heavy atom. The fourth-order valence-corrected chi connectivity index (χ4v) is 3.08. The molecular formula is C17H25N3O3S. The van der Waals surface area contributed by atoms with E-state index in [1.54, 1.807) is 23.4 Å². The monoisotopic (exact) mass is 351 g/mol. The van der Waals surface area contributed by atoms with Gasteiger partial charge in [0.1, 0.15) is 5.75 Å². The molecule has 7 heteroatoms. The quantitative estimate of drug-likeness (QED) is 0.526. The topological polar surface area (TPSA) is 69.1 Å². The summed E-state index contributed by atoms with van der Waals surface area (Å²) < 4.78 is 12.5. The van der Waals surface area contributed by atoms with E-state index in [9.17, 15) is 4.79 Å². The lowest BCUT2D eigenvalue weighted by Crippen LogP contribution is -2.18. The minimum absolute atomic E-state index is 0.167. The highest BCUT2D eigenvalue weighted by Gasteiger charge is 2.08. The van der Waals surface area contributed by atoms with Gasteiger partial charge in [-0.2, -0.15) is 0 Å². The second kappa shape index (κ2) is 9.54. The zero-order chi connectivity index (χ0) is 17.4. The van der Waals surface area contributed by atoms with Gasteiger partial charge in [-0.15, -0.1) is 5.10 Å². The number of ether oxygens (including phenoxy) is 2. The van der Waals surface area contributed by atoms with Gasteiger partial charge in [0, 0.05) is 26.0 Å². The van der Waals surface area contributed by atoms with E-state index in [4.69, 9.17) is 9.47 Å². The first kappa shape index (κ1) is 18.6. The summed E-state index contributed by atoms with van der Waals surface area (Å²) in [5, 5.41) is 7.31. The summed E-state index contributed by atoms with van der Waals surface area (Å²) in [5.74, 6) is 1.75. The van der Waals surface area contributed by atoms with E-state index in [1.165, 1.54) is 11.1 Å². The number of hydrogen-bond donors (Lipinski definition) is 1. The first-order chi connectivity index (χ1) is 11.6. The Balaban J connectivity index is 1.74. The van der Waals surface area contributed by atoms with Gasteiger partial charge >= 0.3 is 5.69 Å². The number of H-pyrrole nitrogens is 1. The third kappa shape index (κ3) is 5.42. The molecule has 1 N–H and O–H groups in total. The summed E-state index contributed by atoms with van der Waals surface area (Å²) in [7, 11) is 1.66. The lowest BCUT2D eigenvalue weighted by Gasteiger charge is -2.08. The minimum atomic E-state index is -0.167. The molecular weight excluding hydrogens is 326 g/mol. The van der Waals surface area contributed by atoms with Gasteiger partial charge in [0.05, 0.1) is 6.61 Å². The summed E-state index contributed by atoms with van der Waals surface area (Å²) in [4.78, 5) is 11.7. The summed E-state index contributed by atoms with van der Waals surface area (Å²) in [6.45, 7) is 6.06. The second-order valence-corrected chi connectivity index (χ2v) is 6.67. The molecule has 0 fully saturated rings. The predicted molar refractivity (Wildman–Crippen MR) is 96.1 cm³/mol. The Morgan fingerprint density at radius 3 is 2.79 bits per heavy atom. The number of aromatic amines is 1. The molecule has 0 saturated carbocycles. The fourth-order valence-electron chi connectivity index (χ4n) is 2.19. The maximum absolute atomic E-state index is 11.7. The molecule has 1 aromatic carbocycles. The summed E-state index contributed by atoms with van der Waals surface area (Å²) in [5.41, 5.74) is 2.33. The Bertz CT molecular complexity index is 697. The van der Waals surface area contributed by atoms with Crippen LogP contribution in [-0.4, -0.2) is 40.8 Å². The van der Waals surface area contributed by atoms with Crippen molar-refractivity contribution < 1.29 is 9.47 Å².